The van der Waals surface area contributed by atoms with Crippen molar-refractivity contribution in [2.75, 3.05) is 5.32 Å². The van der Waals surface area contributed by atoms with Crippen LogP contribution in [0.5, 0.6) is 0 Å². The summed E-state index contributed by atoms with van der Waals surface area (Å²) in [5.74, 6) is 0. The van der Waals surface area contributed by atoms with Crippen LogP contribution in [0.4, 0.5) is 14.9 Å². The third-order valence-electron chi connectivity index (χ3n) is 4.18. The van der Waals surface area contributed by atoms with Gasteiger partial charge in [-0.3, -0.25) is 0 Å². The average Bonchev–Trinajstić information content (AvgIpc) is 2.62. The highest BCUT2D eigenvalue weighted by Gasteiger charge is 2.43. The predicted molar refractivity (Wildman–Crippen MR) is 73.0 cm³/mol. The largest absolute Gasteiger partial charge is 0.322 e. The lowest BCUT2D eigenvalue weighted by Crippen LogP contribution is -2.48. The molecule has 1 aromatic rings. The maximum Gasteiger partial charge on any atom is 0.322 e. The van der Waals surface area contributed by atoms with Crippen LogP contribution >= 0.6 is 0 Å². The van der Waals surface area contributed by atoms with Crippen molar-refractivity contribution in [2.45, 2.75) is 50.9 Å². The van der Waals surface area contributed by atoms with E-state index in [2.05, 4.69) is 5.32 Å². The molecule has 2 fully saturated rings. The second-order valence-electron chi connectivity index (χ2n) is 5.66. The summed E-state index contributed by atoms with van der Waals surface area (Å²) in [5.41, 5.74) is 1.93. The van der Waals surface area contributed by atoms with Crippen molar-refractivity contribution in [1.82, 2.24) is 4.90 Å². The molecule has 0 saturated carbocycles. The molecule has 2 bridgehead atoms. The molecular formula is C15H19FN2O. The van der Waals surface area contributed by atoms with E-state index in [0.717, 1.165) is 24.1 Å². The topological polar surface area (TPSA) is 32.3 Å². The van der Waals surface area contributed by atoms with Crippen molar-refractivity contribution in [1.29, 1.82) is 0 Å². The Kier molecular flexibility index (Phi) is 3.17. The van der Waals surface area contributed by atoms with E-state index in [0.29, 0.717) is 12.8 Å². The Labute approximate surface area is 112 Å². The fourth-order valence-electron chi connectivity index (χ4n) is 3.35. The Morgan fingerprint density at radius 1 is 1.32 bits per heavy atom. The Morgan fingerprint density at radius 2 is 2.00 bits per heavy atom. The summed E-state index contributed by atoms with van der Waals surface area (Å²) < 4.78 is 13.5. The number of hydrogen-bond acceptors (Lipinski definition) is 1. The van der Waals surface area contributed by atoms with Crippen molar-refractivity contribution in [3.8, 4) is 0 Å². The third-order valence-corrected chi connectivity index (χ3v) is 4.18. The van der Waals surface area contributed by atoms with Gasteiger partial charge in [0.2, 0.25) is 0 Å². The standard InChI is InChI=1S/C15H19FN2O/c1-10-3-2-4-12(7-10)17-15(19)18-13-5-6-14(18)9-11(16)8-13/h2-4,7,11,13-14H,5-6,8-9H2,1H3,(H,17,19). The van der Waals surface area contributed by atoms with Crippen LogP contribution in [0.25, 0.3) is 0 Å². The Hall–Kier alpha value is -1.58. The van der Waals surface area contributed by atoms with Crippen molar-refractivity contribution in [3.05, 3.63) is 29.8 Å². The summed E-state index contributed by atoms with van der Waals surface area (Å²) in [6.45, 7) is 1.99. The first-order valence-electron chi connectivity index (χ1n) is 6.93. The molecule has 4 heteroatoms. The Bertz CT molecular complexity index is 477. The van der Waals surface area contributed by atoms with Crippen LogP contribution < -0.4 is 5.32 Å². The molecule has 0 aliphatic carbocycles. The fourth-order valence-corrected chi connectivity index (χ4v) is 3.35. The molecule has 102 valence electrons. The molecule has 0 aromatic heterocycles. The number of carbonyl (C=O) groups excluding carboxylic acids is 1. The molecule has 1 aromatic carbocycles. The first-order chi connectivity index (χ1) is 9.13. The first kappa shape index (κ1) is 12.5. The highest BCUT2D eigenvalue weighted by molar-refractivity contribution is 5.90. The summed E-state index contributed by atoms with van der Waals surface area (Å²) in [6, 6.07) is 7.83. The number of urea groups is 1. The van der Waals surface area contributed by atoms with E-state index in [4.69, 9.17) is 0 Å². The quantitative estimate of drug-likeness (QED) is 0.825. The number of rotatable bonds is 1. The minimum Gasteiger partial charge on any atom is -0.318 e. The van der Waals surface area contributed by atoms with Crippen LogP contribution in [0.15, 0.2) is 24.3 Å². The van der Waals surface area contributed by atoms with E-state index >= 15 is 0 Å². The number of hydrogen-bond donors (Lipinski definition) is 1. The van der Waals surface area contributed by atoms with Gasteiger partial charge in [-0.15, -0.1) is 0 Å². The number of aryl methyl sites for hydroxylation is 1. The van der Waals surface area contributed by atoms with Crippen LogP contribution in [0, 0.1) is 6.92 Å². The number of nitrogens with zero attached hydrogens (tertiary/aromatic N) is 1. The summed E-state index contributed by atoms with van der Waals surface area (Å²) >= 11 is 0. The van der Waals surface area contributed by atoms with Gasteiger partial charge in [0, 0.05) is 17.8 Å². The summed E-state index contributed by atoms with van der Waals surface area (Å²) in [5, 5.41) is 2.93. The lowest BCUT2D eigenvalue weighted by Gasteiger charge is -2.36. The maximum atomic E-state index is 13.5. The van der Waals surface area contributed by atoms with Gasteiger partial charge >= 0.3 is 6.03 Å². The van der Waals surface area contributed by atoms with Gasteiger partial charge in [-0.05, 0) is 50.3 Å². The molecule has 2 amide bonds. The van der Waals surface area contributed by atoms with Gasteiger partial charge in [-0.25, -0.2) is 9.18 Å². The second-order valence-corrected chi connectivity index (χ2v) is 5.66. The van der Waals surface area contributed by atoms with Gasteiger partial charge in [0.15, 0.2) is 0 Å². The van der Waals surface area contributed by atoms with Gasteiger partial charge in [-0.1, -0.05) is 12.1 Å². The normalized spacial score (nSPS) is 29.4. The summed E-state index contributed by atoms with van der Waals surface area (Å²) in [7, 11) is 0. The van der Waals surface area contributed by atoms with Gasteiger partial charge in [0.05, 0.1) is 0 Å². The smallest absolute Gasteiger partial charge is 0.318 e. The van der Waals surface area contributed by atoms with Crippen molar-refractivity contribution in [3.63, 3.8) is 0 Å². The second kappa shape index (κ2) is 4.83. The maximum absolute atomic E-state index is 13.5. The van der Waals surface area contributed by atoms with Gasteiger partial charge in [0.1, 0.15) is 6.17 Å². The van der Waals surface area contributed by atoms with Crippen molar-refractivity contribution >= 4 is 11.7 Å². The molecule has 2 aliphatic heterocycles. The first-order valence-corrected chi connectivity index (χ1v) is 6.93. The summed E-state index contributed by atoms with van der Waals surface area (Å²) in [6.07, 6.45) is 2.13. The summed E-state index contributed by atoms with van der Waals surface area (Å²) in [4.78, 5) is 14.2. The minimum atomic E-state index is -0.736. The molecule has 2 saturated heterocycles. The lowest BCUT2D eigenvalue weighted by atomic mass is 10.0. The SMILES string of the molecule is Cc1cccc(NC(=O)N2C3CCC2CC(F)C3)c1. The van der Waals surface area contributed by atoms with Crippen molar-refractivity contribution in [2.24, 2.45) is 0 Å². The van der Waals surface area contributed by atoms with E-state index in [1.54, 1.807) is 0 Å². The molecule has 3 rings (SSSR count). The fraction of sp³-hybridized carbons (Fsp3) is 0.533. The number of amides is 2. The highest BCUT2D eigenvalue weighted by Crippen LogP contribution is 2.37. The molecular weight excluding hydrogens is 243 g/mol. The number of halogens is 1. The number of piperidine rings is 1. The Balaban J connectivity index is 1.71. The zero-order valence-corrected chi connectivity index (χ0v) is 11.1. The molecule has 1 N–H and O–H groups in total. The molecule has 2 heterocycles. The van der Waals surface area contributed by atoms with Crippen molar-refractivity contribution < 1.29 is 9.18 Å². The molecule has 19 heavy (non-hydrogen) atoms. The van der Waals surface area contributed by atoms with E-state index in [1.807, 2.05) is 36.1 Å². The third kappa shape index (κ3) is 2.44. The van der Waals surface area contributed by atoms with Crippen LogP contribution in [-0.4, -0.2) is 29.2 Å². The minimum absolute atomic E-state index is 0.0787. The number of benzene rings is 1. The number of fused-ring (bicyclic) bond motifs is 2. The molecule has 2 unspecified atom stereocenters. The molecule has 0 spiro atoms. The zero-order valence-electron chi connectivity index (χ0n) is 11.1. The van der Waals surface area contributed by atoms with Crippen LogP contribution in [0.3, 0.4) is 0 Å². The van der Waals surface area contributed by atoms with E-state index < -0.39 is 6.17 Å². The van der Waals surface area contributed by atoms with Crippen LogP contribution in [-0.2, 0) is 0 Å². The lowest BCUT2D eigenvalue weighted by molar-refractivity contribution is 0.110. The molecule has 2 aliphatic rings. The van der Waals surface area contributed by atoms with E-state index in [9.17, 15) is 9.18 Å². The Morgan fingerprint density at radius 3 is 2.63 bits per heavy atom. The highest BCUT2D eigenvalue weighted by atomic mass is 19.1. The number of alkyl halides is 1. The van der Waals surface area contributed by atoms with E-state index in [-0.39, 0.29) is 18.1 Å². The van der Waals surface area contributed by atoms with Crippen LogP contribution in [0.1, 0.15) is 31.2 Å². The molecule has 0 radical (unpaired) electrons. The number of anilines is 1. The predicted octanol–water partition coefficient (Wildman–Crippen LogP) is 3.49. The number of nitrogens with one attached hydrogen (secondary N) is 1. The van der Waals surface area contributed by atoms with Gasteiger partial charge in [-0.2, -0.15) is 0 Å². The van der Waals surface area contributed by atoms with Gasteiger partial charge in [0.25, 0.3) is 0 Å². The van der Waals surface area contributed by atoms with Gasteiger partial charge < -0.3 is 10.2 Å². The average molecular weight is 262 g/mol. The molecule has 3 nitrogen and oxygen atoms in total. The van der Waals surface area contributed by atoms with E-state index in [1.165, 1.54) is 0 Å². The monoisotopic (exact) mass is 262 g/mol. The zero-order chi connectivity index (χ0) is 13.4. The van der Waals surface area contributed by atoms with Crippen LogP contribution in [0.2, 0.25) is 0 Å². The number of carbonyl (C=O) groups is 1. The molecule has 2 atom stereocenters.